The van der Waals surface area contributed by atoms with E-state index in [1.165, 1.54) is 0 Å². The molecular formula is C13H11N3O. The Labute approximate surface area is 99.0 Å². The zero-order valence-corrected chi connectivity index (χ0v) is 9.08. The van der Waals surface area contributed by atoms with Crippen LogP contribution in [0.15, 0.2) is 59.8 Å². The van der Waals surface area contributed by atoms with Crippen molar-refractivity contribution in [2.45, 2.75) is 0 Å². The number of hydrazone groups is 1. The van der Waals surface area contributed by atoms with E-state index < -0.39 is 0 Å². The number of nitrogens with zero attached hydrogens (tertiary/aromatic N) is 2. The van der Waals surface area contributed by atoms with E-state index in [9.17, 15) is 4.79 Å². The van der Waals surface area contributed by atoms with E-state index >= 15 is 0 Å². The van der Waals surface area contributed by atoms with Crippen LogP contribution < -0.4 is 5.43 Å². The molecule has 0 unspecified atom stereocenters. The van der Waals surface area contributed by atoms with Gasteiger partial charge in [-0.05, 0) is 17.7 Å². The lowest BCUT2D eigenvalue weighted by molar-refractivity contribution is 0.0950. The van der Waals surface area contributed by atoms with E-state index in [0.29, 0.717) is 5.69 Å². The average molecular weight is 225 g/mol. The summed E-state index contributed by atoms with van der Waals surface area (Å²) in [7, 11) is 0. The van der Waals surface area contributed by atoms with Gasteiger partial charge >= 0.3 is 0 Å². The molecule has 0 spiro atoms. The van der Waals surface area contributed by atoms with Crippen LogP contribution in [0.3, 0.4) is 0 Å². The molecule has 0 saturated heterocycles. The summed E-state index contributed by atoms with van der Waals surface area (Å²) in [5.74, 6) is -0.321. The van der Waals surface area contributed by atoms with Crippen molar-refractivity contribution in [3.63, 3.8) is 0 Å². The molecule has 17 heavy (non-hydrogen) atoms. The van der Waals surface area contributed by atoms with Crippen molar-refractivity contribution in [1.82, 2.24) is 10.4 Å². The zero-order valence-electron chi connectivity index (χ0n) is 9.08. The maximum atomic E-state index is 11.5. The summed E-state index contributed by atoms with van der Waals surface area (Å²) in [5, 5.41) is 3.85. The fourth-order valence-corrected chi connectivity index (χ4v) is 1.26. The van der Waals surface area contributed by atoms with Gasteiger partial charge in [0.1, 0.15) is 5.69 Å². The summed E-state index contributed by atoms with van der Waals surface area (Å²) < 4.78 is 0. The Morgan fingerprint density at radius 2 is 1.88 bits per heavy atom. The van der Waals surface area contributed by atoms with Crippen LogP contribution in [-0.2, 0) is 0 Å². The lowest BCUT2D eigenvalue weighted by atomic mass is 10.2. The normalized spacial score (nSPS) is 10.4. The van der Waals surface area contributed by atoms with Crippen molar-refractivity contribution >= 4 is 12.1 Å². The number of hydrogen-bond acceptors (Lipinski definition) is 3. The van der Waals surface area contributed by atoms with Crippen LogP contribution >= 0.6 is 0 Å². The highest BCUT2D eigenvalue weighted by molar-refractivity contribution is 5.92. The van der Waals surface area contributed by atoms with E-state index in [2.05, 4.69) is 15.5 Å². The molecular weight excluding hydrogens is 214 g/mol. The molecule has 1 amide bonds. The monoisotopic (exact) mass is 225 g/mol. The maximum absolute atomic E-state index is 11.5. The van der Waals surface area contributed by atoms with Crippen LogP contribution in [0.1, 0.15) is 16.1 Å². The lowest BCUT2D eigenvalue weighted by Gasteiger charge is -1.97. The quantitative estimate of drug-likeness (QED) is 0.640. The van der Waals surface area contributed by atoms with Crippen molar-refractivity contribution in [3.05, 3.63) is 66.0 Å². The summed E-state index contributed by atoms with van der Waals surface area (Å²) in [6, 6.07) is 14.7. The molecule has 0 radical (unpaired) electrons. The SMILES string of the molecule is O=C(NN=Cc1ccccc1)c1ccccn1. The highest BCUT2D eigenvalue weighted by Gasteiger charge is 2.02. The predicted molar refractivity (Wildman–Crippen MR) is 65.7 cm³/mol. The Bertz CT molecular complexity index is 509. The van der Waals surface area contributed by atoms with E-state index in [1.54, 1.807) is 30.6 Å². The zero-order chi connectivity index (χ0) is 11.9. The Kier molecular flexibility index (Phi) is 3.60. The van der Waals surface area contributed by atoms with Gasteiger partial charge in [-0.1, -0.05) is 36.4 Å². The van der Waals surface area contributed by atoms with Crippen LogP contribution in [0.4, 0.5) is 0 Å². The fraction of sp³-hybridized carbons (Fsp3) is 0. The van der Waals surface area contributed by atoms with Gasteiger partial charge in [0, 0.05) is 6.20 Å². The van der Waals surface area contributed by atoms with Gasteiger partial charge in [-0.15, -0.1) is 0 Å². The number of hydrogen-bond donors (Lipinski definition) is 1. The third-order valence-corrected chi connectivity index (χ3v) is 2.08. The van der Waals surface area contributed by atoms with Gasteiger partial charge in [-0.2, -0.15) is 5.10 Å². The topological polar surface area (TPSA) is 54.4 Å². The molecule has 0 fully saturated rings. The second-order valence-corrected chi connectivity index (χ2v) is 3.32. The smallest absolute Gasteiger partial charge is 0.266 e. The summed E-state index contributed by atoms with van der Waals surface area (Å²) in [5.41, 5.74) is 3.69. The van der Waals surface area contributed by atoms with E-state index in [4.69, 9.17) is 0 Å². The third kappa shape index (κ3) is 3.24. The van der Waals surface area contributed by atoms with Crippen LogP contribution in [0, 0.1) is 0 Å². The number of rotatable bonds is 3. The Hall–Kier alpha value is -2.49. The number of carbonyl (C=O) groups excluding carboxylic acids is 1. The number of nitrogens with one attached hydrogen (secondary N) is 1. The molecule has 1 N–H and O–H groups in total. The van der Waals surface area contributed by atoms with Crippen molar-refractivity contribution in [1.29, 1.82) is 0 Å². The molecule has 0 aliphatic rings. The Balaban J connectivity index is 1.95. The average Bonchev–Trinajstić information content (AvgIpc) is 2.41. The highest BCUT2D eigenvalue weighted by atomic mass is 16.2. The molecule has 0 saturated carbocycles. The fourth-order valence-electron chi connectivity index (χ4n) is 1.26. The maximum Gasteiger partial charge on any atom is 0.289 e. The van der Waals surface area contributed by atoms with Crippen molar-refractivity contribution in [3.8, 4) is 0 Å². The van der Waals surface area contributed by atoms with Crippen molar-refractivity contribution in [2.24, 2.45) is 5.10 Å². The predicted octanol–water partition coefficient (Wildman–Crippen LogP) is 1.85. The summed E-state index contributed by atoms with van der Waals surface area (Å²) in [6.45, 7) is 0. The van der Waals surface area contributed by atoms with Crippen LogP contribution in [0.2, 0.25) is 0 Å². The van der Waals surface area contributed by atoms with Gasteiger partial charge in [0.15, 0.2) is 0 Å². The summed E-state index contributed by atoms with van der Waals surface area (Å²) in [4.78, 5) is 15.5. The number of benzene rings is 1. The first kappa shape index (κ1) is 11.0. The van der Waals surface area contributed by atoms with Gasteiger partial charge in [-0.25, -0.2) is 5.43 Å². The minimum atomic E-state index is -0.321. The van der Waals surface area contributed by atoms with E-state index in [1.807, 2.05) is 30.3 Å². The molecule has 1 aromatic carbocycles. The third-order valence-electron chi connectivity index (χ3n) is 2.08. The molecule has 4 nitrogen and oxygen atoms in total. The first-order chi connectivity index (χ1) is 8.36. The lowest BCUT2D eigenvalue weighted by Crippen LogP contribution is -2.18. The standard InChI is InChI=1S/C13H11N3O/c17-13(12-8-4-5-9-14-12)16-15-10-11-6-2-1-3-7-11/h1-10H,(H,16,17). The molecule has 84 valence electrons. The van der Waals surface area contributed by atoms with Crippen molar-refractivity contribution in [2.75, 3.05) is 0 Å². The van der Waals surface area contributed by atoms with E-state index in [-0.39, 0.29) is 5.91 Å². The van der Waals surface area contributed by atoms with Crippen molar-refractivity contribution < 1.29 is 4.79 Å². The van der Waals surface area contributed by atoms with Crippen LogP contribution in [-0.4, -0.2) is 17.1 Å². The summed E-state index contributed by atoms with van der Waals surface area (Å²) in [6.07, 6.45) is 3.15. The molecule has 1 aromatic heterocycles. The minimum absolute atomic E-state index is 0.321. The number of pyridine rings is 1. The molecule has 4 heteroatoms. The van der Waals surface area contributed by atoms with E-state index in [0.717, 1.165) is 5.56 Å². The Morgan fingerprint density at radius 1 is 1.12 bits per heavy atom. The molecule has 2 aromatic rings. The first-order valence-electron chi connectivity index (χ1n) is 5.16. The molecule has 2 rings (SSSR count). The molecule has 0 atom stereocenters. The van der Waals surface area contributed by atoms with Gasteiger partial charge in [0.2, 0.25) is 0 Å². The first-order valence-corrected chi connectivity index (χ1v) is 5.16. The van der Waals surface area contributed by atoms with Gasteiger partial charge in [-0.3, -0.25) is 9.78 Å². The molecule has 0 aliphatic carbocycles. The molecule has 0 bridgehead atoms. The van der Waals surface area contributed by atoms with Gasteiger partial charge in [0.25, 0.3) is 5.91 Å². The second-order valence-electron chi connectivity index (χ2n) is 3.32. The minimum Gasteiger partial charge on any atom is -0.266 e. The van der Waals surface area contributed by atoms with Crippen LogP contribution in [0.5, 0.6) is 0 Å². The van der Waals surface area contributed by atoms with Gasteiger partial charge < -0.3 is 0 Å². The molecule has 0 aliphatic heterocycles. The number of amides is 1. The largest absolute Gasteiger partial charge is 0.289 e. The van der Waals surface area contributed by atoms with Crippen LogP contribution in [0.25, 0.3) is 0 Å². The number of aromatic nitrogens is 1. The number of carbonyl (C=O) groups is 1. The Morgan fingerprint density at radius 3 is 2.59 bits per heavy atom. The second kappa shape index (κ2) is 5.55. The highest BCUT2D eigenvalue weighted by Crippen LogP contribution is 1.94. The summed E-state index contributed by atoms with van der Waals surface area (Å²) >= 11 is 0. The molecule has 1 heterocycles. The van der Waals surface area contributed by atoms with Gasteiger partial charge in [0.05, 0.1) is 6.21 Å².